The van der Waals surface area contributed by atoms with Crippen LogP contribution in [-0.4, -0.2) is 0 Å². The molecule has 0 aliphatic rings. The zero-order chi connectivity index (χ0) is 61.7. The highest BCUT2D eigenvalue weighted by Crippen LogP contribution is 2.53. The van der Waals surface area contributed by atoms with E-state index in [1.54, 1.807) is 0 Å². The minimum absolute atomic E-state index is 0.0772. The van der Waals surface area contributed by atoms with E-state index < -0.39 is 16.8 Å². The Hall–Kier alpha value is -4.62. The van der Waals surface area contributed by atoms with E-state index in [1.165, 1.54) is 66.8 Å². The third kappa shape index (κ3) is 14.9. The van der Waals surface area contributed by atoms with Crippen molar-refractivity contribution in [2.75, 3.05) is 0 Å². The van der Waals surface area contributed by atoms with Gasteiger partial charge in [0.2, 0.25) is 0 Å². The summed E-state index contributed by atoms with van der Waals surface area (Å²) in [5, 5.41) is 2.04. The maximum Gasteiger partial charge on any atom is 0.326 e. The van der Waals surface area contributed by atoms with Crippen LogP contribution in [0.3, 0.4) is 0 Å². The van der Waals surface area contributed by atoms with Crippen molar-refractivity contribution < 1.29 is 18.1 Å². The van der Waals surface area contributed by atoms with Gasteiger partial charge in [-0.1, -0.05) is 267 Å². The van der Waals surface area contributed by atoms with Gasteiger partial charge in [-0.15, -0.1) is 0 Å². The topological polar surface area (TPSA) is 36.9 Å². The van der Waals surface area contributed by atoms with Crippen molar-refractivity contribution in [1.82, 2.24) is 0 Å². The zero-order valence-corrected chi connectivity index (χ0v) is 58.4. The van der Waals surface area contributed by atoms with Gasteiger partial charge in [-0.05, 0) is 149 Å². The first-order valence-electron chi connectivity index (χ1n) is 30.8. The molecule has 0 unspecified atom stereocenters. The highest BCUT2D eigenvalue weighted by atomic mass is 31.2. The predicted octanol–water partition coefficient (Wildman–Crippen LogP) is 22.2. The molecule has 0 heterocycles. The van der Waals surface area contributed by atoms with Crippen LogP contribution in [0.4, 0.5) is 0 Å². The van der Waals surface area contributed by atoms with E-state index in [0.29, 0.717) is 0 Å². The van der Waals surface area contributed by atoms with Crippen LogP contribution in [-0.2, 0) is 69.0 Å². The van der Waals surface area contributed by atoms with Gasteiger partial charge in [-0.2, -0.15) is 0 Å². The van der Waals surface area contributed by atoms with E-state index in [9.17, 15) is 0 Å². The molecule has 6 aromatic rings. The van der Waals surface area contributed by atoms with Crippen molar-refractivity contribution >= 4 is 27.4 Å². The summed E-state index contributed by atoms with van der Waals surface area (Å²) in [7, 11) is -3.40. The van der Waals surface area contributed by atoms with E-state index in [-0.39, 0.29) is 43.3 Å². The smallest absolute Gasteiger partial charge is 0.326 e. The maximum atomic E-state index is 7.66. The van der Waals surface area contributed by atoms with Crippen molar-refractivity contribution in [1.29, 1.82) is 0 Å². The van der Waals surface area contributed by atoms with Crippen molar-refractivity contribution in [3.8, 4) is 34.1 Å². The molecule has 6 aromatic carbocycles. The van der Waals surface area contributed by atoms with Crippen molar-refractivity contribution in [3.63, 3.8) is 0 Å². The zero-order valence-electron chi connectivity index (χ0n) is 56.6. The first-order chi connectivity index (χ1) is 37.6. The molecule has 0 atom stereocenters. The SMILES string of the molecule is CCc1c(C(C)(C)C)ccc(C(C)(C)C)c1OP(Oc1c(C(C)(C)C)ccc(C(C)(C)C)c1CC)c1ccc(-c2ccc(P(Oc3c(C(C)(C)C)ccc(C(C)(C)C)c3CC)Oc3c(C(C)(C)C)ccc(C(C)(C)C)c3CC)cc2)cc1. The Morgan fingerprint density at radius 3 is 0.537 bits per heavy atom. The minimum Gasteiger partial charge on any atom is -0.435 e. The molecule has 6 rings (SSSR count). The molecule has 0 aromatic heterocycles. The van der Waals surface area contributed by atoms with Crippen LogP contribution >= 0.6 is 16.8 Å². The van der Waals surface area contributed by atoms with Gasteiger partial charge in [-0.25, -0.2) is 0 Å². The van der Waals surface area contributed by atoms with Gasteiger partial charge in [0, 0.05) is 22.3 Å². The van der Waals surface area contributed by atoms with Crippen LogP contribution in [0.5, 0.6) is 23.0 Å². The number of hydrogen-bond donors (Lipinski definition) is 0. The van der Waals surface area contributed by atoms with Gasteiger partial charge in [0.05, 0.1) is 10.6 Å². The van der Waals surface area contributed by atoms with Gasteiger partial charge in [0.1, 0.15) is 23.0 Å². The van der Waals surface area contributed by atoms with Gasteiger partial charge in [0.25, 0.3) is 0 Å². The van der Waals surface area contributed by atoms with Crippen LogP contribution in [0.25, 0.3) is 11.1 Å². The first-order valence-corrected chi connectivity index (χ1v) is 33.1. The lowest BCUT2D eigenvalue weighted by atomic mass is 9.78. The molecular formula is C76H108O4P2. The summed E-state index contributed by atoms with van der Waals surface area (Å²) in [6.45, 7) is 64.3. The van der Waals surface area contributed by atoms with E-state index in [2.05, 4.69) is 291 Å². The summed E-state index contributed by atoms with van der Waals surface area (Å²) < 4.78 is 30.6. The fourth-order valence-electron chi connectivity index (χ4n) is 11.6. The quantitative estimate of drug-likeness (QED) is 0.0961. The standard InChI is InChI=1S/C76H108O4P2/c1-29-53-57(69(5,6)7)41-45-61(73(17,18)19)65(53)77-81(78-66-54(30-2)58(70(8,9)10)42-46-62(66)74(20,21)22)51-37-33-49(34-38-51)50-35-39-52(40-36-50)82(79-67-55(31-3)59(71(11,12)13)43-47-63(67)75(23,24)25)80-68-56(32-4)60(72(14,15)16)44-48-64(68)76(26,27)28/h33-48H,29-32H2,1-28H3. The number of hydrogen-bond acceptors (Lipinski definition) is 4. The first kappa shape index (κ1) is 66.5. The molecule has 0 aliphatic carbocycles. The van der Waals surface area contributed by atoms with Gasteiger partial charge >= 0.3 is 16.8 Å². The molecule has 82 heavy (non-hydrogen) atoms. The molecule has 6 heteroatoms. The normalized spacial score (nSPS) is 13.3. The van der Waals surface area contributed by atoms with Gasteiger partial charge in [0.15, 0.2) is 0 Å². The van der Waals surface area contributed by atoms with Crippen LogP contribution < -0.4 is 28.7 Å². The molecule has 0 radical (unpaired) electrons. The predicted molar refractivity (Wildman–Crippen MR) is 360 cm³/mol. The summed E-state index contributed by atoms with van der Waals surface area (Å²) in [5.74, 6) is 3.81. The van der Waals surface area contributed by atoms with Gasteiger partial charge < -0.3 is 18.1 Å². The van der Waals surface area contributed by atoms with Crippen LogP contribution in [0.15, 0.2) is 97.1 Å². The Labute approximate surface area is 503 Å². The van der Waals surface area contributed by atoms with Crippen LogP contribution in [0, 0.1) is 0 Å². The highest BCUT2D eigenvalue weighted by Gasteiger charge is 2.36. The van der Waals surface area contributed by atoms with E-state index >= 15 is 0 Å². The Balaban J connectivity index is 1.56. The molecule has 0 saturated carbocycles. The van der Waals surface area contributed by atoms with Crippen LogP contribution in [0.1, 0.15) is 261 Å². The maximum absolute atomic E-state index is 7.66. The summed E-state index contributed by atoms with van der Waals surface area (Å²) >= 11 is 0. The molecular weight excluding hydrogens is 1040 g/mol. The summed E-state index contributed by atoms with van der Waals surface area (Å²) in [6.07, 6.45) is 3.38. The number of benzene rings is 6. The Morgan fingerprint density at radius 1 is 0.232 bits per heavy atom. The van der Waals surface area contributed by atoms with Gasteiger partial charge in [-0.3, -0.25) is 0 Å². The lowest BCUT2D eigenvalue weighted by Crippen LogP contribution is -2.22. The monoisotopic (exact) mass is 1150 g/mol. The molecule has 446 valence electrons. The average Bonchev–Trinajstić information content (AvgIpc) is 3.57. The van der Waals surface area contributed by atoms with E-state index in [4.69, 9.17) is 18.1 Å². The third-order valence-electron chi connectivity index (χ3n) is 16.1. The van der Waals surface area contributed by atoms with Crippen molar-refractivity contribution in [2.45, 2.75) is 263 Å². The fourth-order valence-corrected chi connectivity index (χ4v) is 14.4. The second kappa shape index (κ2) is 24.4. The summed E-state index contributed by atoms with van der Waals surface area (Å²) in [4.78, 5) is 0. The Kier molecular flexibility index (Phi) is 19.8. The lowest BCUT2D eigenvalue weighted by Gasteiger charge is -2.34. The average molecular weight is 1150 g/mol. The molecule has 0 saturated heterocycles. The second-order valence-electron chi connectivity index (χ2n) is 31.3. The molecule has 0 spiro atoms. The Bertz CT molecular complexity index is 2790. The number of rotatable bonds is 15. The molecule has 0 N–H and O–H groups in total. The molecule has 4 nitrogen and oxygen atoms in total. The summed E-state index contributed by atoms with van der Waals surface area (Å²) in [5.41, 5.74) is 16.2. The minimum atomic E-state index is -1.70. The van der Waals surface area contributed by atoms with E-state index in [1.807, 2.05) is 0 Å². The molecule has 0 bridgehead atoms. The van der Waals surface area contributed by atoms with Crippen molar-refractivity contribution in [2.24, 2.45) is 0 Å². The van der Waals surface area contributed by atoms with E-state index in [0.717, 1.165) is 70.4 Å². The lowest BCUT2D eigenvalue weighted by molar-refractivity contribution is 0.456. The van der Waals surface area contributed by atoms with Crippen molar-refractivity contribution in [3.05, 3.63) is 164 Å². The van der Waals surface area contributed by atoms with Crippen LogP contribution in [0.2, 0.25) is 0 Å². The largest absolute Gasteiger partial charge is 0.435 e. The second-order valence-corrected chi connectivity index (χ2v) is 34.1. The molecule has 0 amide bonds. The molecule has 0 fully saturated rings. The third-order valence-corrected chi connectivity index (χ3v) is 18.9. The highest BCUT2D eigenvalue weighted by molar-refractivity contribution is 7.57. The fraction of sp³-hybridized carbons (Fsp3) is 0.526. The Morgan fingerprint density at radius 2 is 0.390 bits per heavy atom. The summed E-state index contributed by atoms with van der Waals surface area (Å²) in [6, 6.07) is 36.5. The molecule has 0 aliphatic heterocycles.